The summed E-state index contributed by atoms with van der Waals surface area (Å²) in [5, 5.41) is 2.98. The third kappa shape index (κ3) is 4.57. The van der Waals surface area contributed by atoms with Gasteiger partial charge >= 0.3 is 0 Å². The first-order chi connectivity index (χ1) is 13.7. The predicted molar refractivity (Wildman–Crippen MR) is 108 cm³/mol. The Bertz CT molecular complexity index is 797. The lowest BCUT2D eigenvalue weighted by molar-refractivity contribution is 0.0950. The van der Waals surface area contributed by atoms with Gasteiger partial charge in [-0.05, 0) is 36.1 Å². The molecule has 1 N–H and O–H groups in total. The van der Waals surface area contributed by atoms with E-state index in [0.29, 0.717) is 29.4 Å². The van der Waals surface area contributed by atoms with E-state index in [1.54, 1.807) is 19.2 Å². The van der Waals surface area contributed by atoms with Gasteiger partial charge in [0, 0.05) is 31.7 Å². The van der Waals surface area contributed by atoms with Gasteiger partial charge in [0.25, 0.3) is 5.91 Å². The number of nitrogens with one attached hydrogen (secondary N) is 1. The molecule has 1 aliphatic rings. The summed E-state index contributed by atoms with van der Waals surface area (Å²) in [5.74, 6) is 1.27. The summed E-state index contributed by atoms with van der Waals surface area (Å²) in [6, 6.07) is 11.9. The van der Waals surface area contributed by atoms with Crippen molar-refractivity contribution in [2.24, 2.45) is 0 Å². The van der Waals surface area contributed by atoms with Crippen LogP contribution in [-0.2, 0) is 13.0 Å². The molecule has 0 aromatic heterocycles. The van der Waals surface area contributed by atoms with Gasteiger partial charge in [0.15, 0.2) is 11.5 Å². The highest BCUT2D eigenvalue weighted by atomic mass is 16.5. The second-order valence-corrected chi connectivity index (χ2v) is 6.82. The number of hydrogen-bond donors (Lipinski definition) is 1. The van der Waals surface area contributed by atoms with Crippen LogP contribution in [0, 0.1) is 0 Å². The number of ether oxygens (including phenoxy) is 3. The first kappa shape index (κ1) is 20.0. The number of carbonyl (C=O) groups is 1. The van der Waals surface area contributed by atoms with Crippen LogP contribution in [0.3, 0.4) is 0 Å². The topological polar surface area (TPSA) is 60.0 Å². The minimum Gasteiger partial charge on any atom is -0.493 e. The summed E-state index contributed by atoms with van der Waals surface area (Å²) < 4.78 is 15.9. The van der Waals surface area contributed by atoms with E-state index in [2.05, 4.69) is 34.5 Å². The zero-order chi connectivity index (χ0) is 19.9. The van der Waals surface area contributed by atoms with Gasteiger partial charge < -0.3 is 19.5 Å². The van der Waals surface area contributed by atoms with E-state index >= 15 is 0 Å². The van der Waals surface area contributed by atoms with Crippen LogP contribution < -0.4 is 19.5 Å². The summed E-state index contributed by atoms with van der Waals surface area (Å²) in [7, 11) is 4.62. The Labute approximate surface area is 166 Å². The second-order valence-electron chi connectivity index (χ2n) is 6.82. The van der Waals surface area contributed by atoms with E-state index in [4.69, 9.17) is 14.2 Å². The number of nitrogens with zero attached hydrogens (tertiary/aromatic N) is 1. The lowest BCUT2D eigenvalue weighted by Gasteiger charge is -2.28. The van der Waals surface area contributed by atoms with E-state index in [0.717, 1.165) is 32.5 Å². The average Bonchev–Trinajstić information content (AvgIpc) is 2.75. The maximum atomic E-state index is 12.5. The summed E-state index contributed by atoms with van der Waals surface area (Å²) in [4.78, 5) is 15.0. The fraction of sp³-hybridized carbons (Fsp3) is 0.409. The monoisotopic (exact) mass is 384 g/mol. The number of rotatable bonds is 8. The first-order valence-electron chi connectivity index (χ1n) is 9.53. The fourth-order valence-corrected chi connectivity index (χ4v) is 3.56. The van der Waals surface area contributed by atoms with Crippen molar-refractivity contribution in [3.63, 3.8) is 0 Å². The van der Waals surface area contributed by atoms with Crippen molar-refractivity contribution < 1.29 is 19.0 Å². The number of benzene rings is 2. The zero-order valence-corrected chi connectivity index (χ0v) is 16.8. The Morgan fingerprint density at radius 3 is 2.36 bits per heavy atom. The van der Waals surface area contributed by atoms with Crippen molar-refractivity contribution in [1.82, 2.24) is 10.2 Å². The molecule has 6 nitrogen and oxygen atoms in total. The van der Waals surface area contributed by atoms with Crippen molar-refractivity contribution in [3.05, 3.63) is 53.1 Å². The molecule has 0 fully saturated rings. The molecule has 2 aromatic rings. The van der Waals surface area contributed by atoms with Crippen molar-refractivity contribution in [1.29, 1.82) is 0 Å². The molecule has 28 heavy (non-hydrogen) atoms. The van der Waals surface area contributed by atoms with E-state index in [1.807, 2.05) is 0 Å². The molecule has 2 aromatic carbocycles. The van der Waals surface area contributed by atoms with Crippen LogP contribution in [-0.4, -0.2) is 51.8 Å². The Balaban J connectivity index is 1.51. The SMILES string of the molecule is COc1cc(C(=O)NCCCN2CCc3ccccc3C2)cc(OC)c1OC. The van der Waals surface area contributed by atoms with Gasteiger partial charge in [-0.2, -0.15) is 0 Å². The van der Waals surface area contributed by atoms with Crippen LogP contribution in [0.25, 0.3) is 0 Å². The van der Waals surface area contributed by atoms with Crippen LogP contribution >= 0.6 is 0 Å². The highest BCUT2D eigenvalue weighted by Crippen LogP contribution is 2.38. The molecule has 0 spiro atoms. The van der Waals surface area contributed by atoms with Crippen molar-refractivity contribution in [2.45, 2.75) is 19.4 Å². The molecule has 3 rings (SSSR count). The standard InChI is InChI=1S/C22H28N2O4/c1-26-19-13-18(14-20(27-2)21(19)28-3)22(25)23-10-6-11-24-12-9-16-7-4-5-8-17(16)15-24/h4-5,7-8,13-14H,6,9-12,15H2,1-3H3,(H,23,25). The highest BCUT2D eigenvalue weighted by molar-refractivity contribution is 5.95. The lowest BCUT2D eigenvalue weighted by atomic mass is 10.00. The van der Waals surface area contributed by atoms with E-state index < -0.39 is 0 Å². The average molecular weight is 384 g/mol. The van der Waals surface area contributed by atoms with Gasteiger partial charge in [0.1, 0.15) is 0 Å². The van der Waals surface area contributed by atoms with Crippen molar-refractivity contribution >= 4 is 5.91 Å². The molecule has 1 amide bonds. The van der Waals surface area contributed by atoms with Crippen LogP contribution in [0.15, 0.2) is 36.4 Å². The maximum Gasteiger partial charge on any atom is 0.251 e. The quantitative estimate of drug-likeness (QED) is 0.709. The molecule has 1 aliphatic heterocycles. The summed E-state index contributed by atoms with van der Waals surface area (Å²) in [6.45, 7) is 3.63. The van der Waals surface area contributed by atoms with Crippen LogP contribution in [0.1, 0.15) is 27.9 Å². The molecule has 0 unspecified atom stereocenters. The molecule has 0 saturated heterocycles. The van der Waals surface area contributed by atoms with Crippen molar-refractivity contribution in [2.75, 3.05) is 41.0 Å². The molecule has 6 heteroatoms. The normalized spacial score (nSPS) is 13.5. The summed E-state index contributed by atoms with van der Waals surface area (Å²) in [5.41, 5.74) is 3.35. The smallest absolute Gasteiger partial charge is 0.251 e. The van der Waals surface area contributed by atoms with Crippen LogP contribution in [0.5, 0.6) is 17.2 Å². The summed E-state index contributed by atoms with van der Waals surface area (Å²) in [6.07, 6.45) is 1.99. The lowest BCUT2D eigenvalue weighted by Crippen LogP contribution is -2.33. The zero-order valence-electron chi connectivity index (χ0n) is 16.8. The third-order valence-corrected chi connectivity index (χ3v) is 5.07. The number of methoxy groups -OCH3 is 3. The Morgan fingerprint density at radius 2 is 1.71 bits per heavy atom. The number of amides is 1. The van der Waals surface area contributed by atoms with Gasteiger partial charge in [-0.3, -0.25) is 9.69 Å². The maximum absolute atomic E-state index is 12.5. The number of carbonyl (C=O) groups excluding carboxylic acids is 1. The highest BCUT2D eigenvalue weighted by Gasteiger charge is 2.17. The second kappa shape index (κ2) is 9.46. The predicted octanol–water partition coefficient (Wildman–Crippen LogP) is 2.89. The molecule has 0 saturated carbocycles. The Hall–Kier alpha value is -2.73. The van der Waals surface area contributed by atoms with Gasteiger partial charge in [0.05, 0.1) is 21.3 Å². The number of hydrogen-bond acceptors (Lipinski definition) is 5. The van der Waals surface area contributed by atoms with Gasteiger partial charge in [0.2, 0.25) is 5.75 Å². The molecular formula is C22H28N2O4. The van der Waals surface area contributed by atoms with Crippen molar-refractivity contribution in [3.8, 4) is 17.2 Å². The third-order valence-electron chi connectivity index (χ3n) is 5.07. The first-order valence-corrected chi connectivity index (χ1v) is 9.53. The molecule has 150 valence electrons. The van der Waals surface area contributed by atoms with E-state index in [9.17, 15) is 4.79 Å². The molecule has 0 aliphatic carbocycles. The van der Waals surface area contributed by atoms with E-state index in [-0.39, 0.29) is 5.91 Å². The Morgan fingerprint density at radius 1 is 1.04 bits per heavy atom. The number of fused-ring (bicyclic) bond motifs is 1. The van der Waals surface area contributed by atoms with E-state index in [1.165, 1.54) is 25.3 Å². The molecule has 0 atom stereocenters. The largest absolute Gasteiger partial charge is 0.493 e. The fourth-order valence-electron chi connectivity index (χ4n) is 3.56. The van der Waals surface area contributed by atoms with Gasteiger partial charge in [-0.15, -0.1) is 0 Å². The minimum absolute atomic E-state index is 0.150. The Kier molecular flexibility index (Phi) is 6.76. The van der Waals surface area contributed by atoms with Crippen LogP contribution in [0.4, 0.5) is 0 Å². The van der Waals surface area contributed by atoms with Gasteiger partial charge in [-0.1, -0.05) is 24.3 Å². The van der Waals surface area contributed by atoms with Gasteiger partial charge in [-0.25, -0.2) is 0 Å². The summed E-state index contributed by atoms with van der Waals surface area (Å²) >= 11 is 0. The minimum atomic E-state index is -0.150. The molecule has 1 heterocycles. The molecule has 0 radical (unpaired) electrons. The van der Waals surface area contributed by atoms with Crippen LogP contribution in [0.2, 0.25) is 0 Å². The molecular weight excluding hydrogens is 356 g/mol. The molecule has 0 bridgehead atoms.